The van der Waals surface area contributed by atoms with Gasteiger partial charge in [-0.25, -0.2) is 4.98 Å². The molecule has 1 atom stereocenters. The predicted molar refractivity (Wildman–Crippen MR) is 92.5 cm³/mol. The van der Waals surface area contributed by atoms with Crippen LogP contribution in [-0.2, 0) is 24.8 Å². The third-order valence-corrected chi connectivity index (χ3v) is 5.66. The summed E-state index contributed by atoms with van der Waals surface area (Å²) < 4.78 is 8.81. The zero-order valence-corrected chi connectivity index (χ0v) is 14.5. The normalized spacial score (nSPS) is 15.6. The maximum absolute atomic E-state index is 13.2. The van der Waals surface area contributed by atoms with Gasteiger partial charge in [0.05, 0.1) is 24.0 Å². The largest absolute Gasteiger partial charge is 0.382 e. The molecule has 1 aliphatic rings. The van der Waals surface area contributed by atoms with Gasteiger partial charge in [0.15, 0.2) is 0 Å². The van der Waals surface area contributed by atoms with Crippen LogP contribution in [0.4, 0.5) is 0 Å². The van der Waals surface area contributed by atoms with Crippen molar-refractivity contribution in [2.75, 3.05) is 20.3 Å². The smallest absolute Gasteiger partial charge is 0.263 e. The van der Waals surface area contributed by atoms with Crippen molar-refractivity contribution < 1.29 is 4.74 Å². The van der Waals surface area contributed by atoms with Gasteiger partial charge in [-0.05, 0) is 24.6 Å². The van der Waals surface area contributed by atoms with Crippen LogP contribution in [0, 0.1) is 0 Å². The maximum Gasteiger partial charge on any atom is 0.263 e. The van der Waals surface area contributed by atoms with Gasteiger partial charge in [0, 0.05) is 31.8 Å². The highest BCUT2D eigenvalue weighted by molar-refractivity contribution is 7.18. The first-order chi connectivity index (χ1) is 11.7. The Hall–Kier alpha value is -2.03. The molecule has 7 nitrogen and oxygen atoms in total. The Morgan fingerprint density at radius 1 is 1.50 bits per heavy atom. The first kappa shape index (κ1) is 15.5. The summed E-state index contributed by atoms with van der Waals surface area (Å²) in [6.07, 6.45) is 4.24. The molecule has 0 aliphatic carbocycles. The molecule has 0 saturated heterocycles. The Kier molecular flexibility index (Phi) is 3.95. The zero-order valence-electron chi connectivity index (χ0n) is 13.7. The minimum atomic E-state index is -0.246. The van der Waals surface area contributed by atoms with Crippen molar-refractivity contribution >= 4 is 21.6 Å². The minimum Gasteiger partial charge on any atom is -0.382 e. The second-order valence-corrected chi connectivity index (χ2v) is 7.00. The van der Waals surface area contributed by atoms with Gasteiger partial charge in [-0.15, -0.1) is 11.3 Å². The van der Waals surface area contributed by atoms with E-state index in [9.17, 15) is 4.79 Å². The average Bonchev–Trinajstić information content (AvgIpc) is 3.17. The van der Waals surface area contributed by atoms with Gasteiger partial charge in [0.2, 0.25) is 0 Å². The summed E-state index contributed by atoms with van der Waals surface area (Å²) in [5.74, 6) is 0. The van der Waals surface area contributed by atoms with E-state index in [2.05, 4.69) is 15.4 Å². The van der Waals surface area contributed by atoms with Gasteiger partial charge < -0.3 is 10.1 Å². The van der Waals surface area contributed by atoms with Crippen LogP contribution in [0.25, 0.3) is 10.2 Å². The van der Waals surface area contributed by atoms with Crippen LogP contribution in [0.5, 0.6) is 0 Å². The molecule has 3 aromatic heterocycles. The van der Waals surface area contributed by atoms with Crippen LogP contribution >= 0.6 is 11.3 Å². The van der Waals surface area contributed by atoms with Gasteiger partial charge in [-0.2, -0.15) is 5.10 Å². The van der Waals surface area contributed by atoms with Crippen molar-refractivity contribution in [3.8, 4) is 0 Å². The molecule has 0 aromatic carbocycles. The highest BCUT2D eigenvalue weighted by Crippen LogP contribution is 2.30. The fourth-order valence-corrected chi connectivity index (χ4v) is 4.47. The molecule has 3 aromatic rings. The molecule has 0 bridgehead atoms. The van der Waals surface area contributed by atoms with Crippen molar-refractivity contribution in [3.05, 3.63) is 45.1 Å². The van der Waals surface area contributed by atoms with Crippen LogP contribution in [-0.4, -0.2) is 39.6 Å². The van der Waals surface area contributed by atoms with Gasteiger partial charge in [-0.1, -0.05) is 0 Å². The number of thiophene rings is 1. The number of methoxy groups -OCH3 is 1. The Bertz CT molecular complexity index is 942. The van der Waals surface area contributed by atoms with Gasteiger partial charge in [0.1, 0.15) is 10.9 Å². The number of aryl methyl sites for hydroxylation is 1. The van der Waals surface area contributed by atoms with Crippen LogP contribution in [0.1, 0.15) is 22.2 Å². The third kappa shape index (κ3) is 2.38. The average molecular weight is 345 g/mol. The summed E-state index contributed by atoms with van der Waals surface area (Å²) in [4.78, 5) is 19.8. The topological polar surface area (TPSA) is 74.0 Å². The highest BCUT2D eigenvalue weighted by atomic mass is 32.1. The van der Waals surface area contributed by atoms with Crippen molar-refractivity contribution in [3.63, 3.8) is 0 Å². The van der Waals surface area contributed by atoms with E-state index < -0.39 is 0 Å². The number of hydrogen-bond acceptors (Lipinski definition) is 6. The van der Waals surface area contributed by atoms with E-state index >= 15 is 0 Å². The zero-order chi connectivity index (χ0) is 16.7. The molecule has 1 N–H and O–H groups in total. The van der Waals surface area contributed by atoms with Crippen molar-refractivity contribution in [1.82, 2.24) is 24.6 Å². The van der Waals surface area contributed by atoms with E-state index in [4.69, 9.17) is 4.74 Å². The van der Waals surface area contributed by atoms with E-state index in [0.717, 1.165) is 41.0 Å². The Balaban J connectivity index is 1.91. The first-order valence-electron chi connectivity index (χ1n) is 7.89. The molecule has 4 rings (SSSR count). The predicted octanol–water partition coefficient (Wildman–Crippen LogP) is 1.07. The monoisotopic (exact) mass is 345 g/mol. The van der Waals surface area contributed by atoms with Gasteiger partial charge >= 0.3 is 0 Å². The lowest BCUT2D eigenvalue weighted by Gasteiger charge is -2.19. The molecule has 126 valence electrons. The van der Waals surface area contributed by atoms with Gasteiger partial charge in [0.25, 0.3) is 5.56 Å². The fraction of sp³-hybridized carbons (Fsp3) is 0.438. The Labute approximate surface area is 142 Å². The molecule has 0 fully saturated rings. The lowest BCUT2D eigenvalue weighted by atomic mass is 10.1. The number of ether oxygens (including phenoxy) is 1. The highest BCUT2D eigenvalue weighted by Gasteiger charge is 2.24. The molecular formula is C16H19N5O2S. The summed E-state index contributed by atoms with van der Waals surface area (Å²) in [6, 6.07) is 1.66. The van der Waals surface area contributed by atoms with E-state index in [1.54, 1.807) is 40.2 Å². The summed E-state index contributed by atoms with van der Waals surface area (Å²) >= 11 is 1.61. The van der Waals surface area contributed by atoms with Crippen LogP contribution < -0.4 is 10.9 Å². The molecule has 0 amide bonds. The molecule has 8 heteroatoms. The van der Waals surface area contributed by atoms with Crippen molar-refractivity contribution in [2.24, 2.45) is 7.05 Å². The van der Waals surface area contributed by atoms with Crippen LogP contribution in [0.3, 0.4) is 0 Å². The molecule has 24 heavy (non-hydrogen) atoms. The summed E-state index contributed by atoms with van der Waals surface area (Å²) in [6.45, 7) is 2.11. The summed E-state index contributed by atoms with van der Waals surface area (Å²) in [7, 11) is 3.51. The lowest BCUT2D eigenvalue weighted by Crippen LogP contribution is -2.30. The van der Waals surface area contributed by atoms with Crippen molar-refractivity contribution in [1.29, 1.82) is 0 Å². The quantitative estimate of drug-likeness (QED) is 0.766. The third-order valence-electron chi connectivity index (χ3n) is 4.52. The fourth-order valence-electron chi connectivity index (χ4n) is 3.33. The second kappa shape index (κ2) is 6.12. The van der Waals surface area contributed by atoms with E-state index in [-0.39, 0.29) is 11.6 Å². The van der Waals surface area contributed by atoms with Crippen molar-refractivity contribution in [2.45, 2.75) is 19.0 Å². The maximum atomic E-state index is 13.2. The van der Waals surface area contributed by atoms with E-state index in [1.165, 1.54) is 4.88 Å². The number of hydrogen-bond donors (Lipinski definition) is 1. The second-order valence-electron chi connectivity index (χ2n) is 5.92. The number of nitrogens with zero attached hydrogens (tertiary/aromatic N) is 4. The Morgan fingerprint density at radius 2 is 2.38 bits per heavy atom. The molecule has 0 saturated carbocycles. The standard InChI is InChI=1S/C16H19N5O2S/c1-20-11(4-6-19-20)12(8-23-2)21-9-18-15-14(16(21)22)10-3-5-17-7-13(10)24-15/h4,6,9,12,17H,3,5,7-8H2,1-2H3. The molecular weight excluding hydrogens is 326 g/mol. The SMILES string of the molecule is COCC(c1ccnn1C)n1cnc2sc3c(c2c1=O)CCNC3. The number of fused-ring (bicyclic) bond motifs is 3. The van der Waals surface area contributed by atoms with Crippen LogP contribution in [0.2, 0.25) is 0 Å². The number of aromatic nitrogens is 4. The molecule has 1 aliphatic heterocycles. The summed E-state index contributed by atoms with van der Waals surface area (Å²) in [5.41, 5.74) is 2.08. The molecule has 1 unspecified atom stereocenters. The van der Waals surface area contributed by atoms with Crippen LogP contribution in [0.15, 0.2) is 23.4 Å². The molecule has 4 heterocycles. The number of nitrogens with one attached hydrogen (secondary N) is 1. The first-order valence-corrected chi connectivity index (χ1v) is 8.71. The number of rotatable bonds is 4. The molecule has 0 radical (unpaired) electrons. The van der Waals surface area contributed by atoms with Gasteiger partial charge in [-0.3, -0.25) is 14.0 Å². The molecule has 0 spiro atoms. The minimum absolute atomic E-state index is 0.00245. The lowest BCUT2D eigenvalue weighted by molar-refractivity contribution is 0.164. The summed E-state index contributed by atoms with van der Waals surface area (Å²) in [5, 5.41) is 8.33. The van der Waals surface area contributed by atoms with E-state index in [0.29, 0.717) is 6.61 Å². The van der Waals surface area contributed by atoms with E-state index in [1.807, 2.05) is 13.1 Å². The Morgan fingerprint density at radius 3 is 3.12 bits per heavy atom.